The molecule has 0 atom stereocenters. The number of hydrogen-bond acceptors (Lipinski definition) is 3. The third-order valence-corrected chi connectivity index (χ3v) is 3.99. The van der Waals surface area contributed by atoms with Gasteiger partial charge in [-0.15, -0.1) is 0 Å². The summed E-state index contributed by atoms with van der Waals surface area (Å²) in [6, 6.07) is 3.40. The molecule has 110 valence electrons. The predicted octanol–water partition coefficient (Wildman–Crippen LogP) is 1.15. The van der Waals surface area contributed by atoms with Crippen molar-refractivity contribution in [2.24, 2.45) is 5.92 Å². The summed E-state index contributed by atoms with van der Waals surface area (Å²) in [6.45, 7) is 4.33. The normalized spacial score (nSPS) is 16.4. The van der Waals surface area contributed by atoms with Crippen molar-refractivity contribution >= 4 is 5.91 Å². The molecule has 2 N–H and O–H groups in total. The van der Waals surface area contributed by atoms with Crippen molar-refractivity contribution in [1.29, 1.82) is 0 Å². The van der Waals surface area contributed by atoms with Gasteiger partial charge in [0.1, 0.15) is 5.56 Å². The van der Waals surface area contributed by atoms with Crippen LogP contribution in [0.25, 0.3) is 0 Å². The molecule has 20 heavy (non-hydrogen) atoms. The molecule has 0 aromatic carbocycles. The van der Waals surface area contributed by atoms with Crippen LogP contribution in [0.1, 0.15) is 35.3 Å². The second-order valence-corrected chi connectivity index (χ2v) is 5.51. The fourth-order valence-electron chi connectivity index (χ4n) is 2.68. The van der Waals surface area contributed by atoms with Crippen molar-refractivity contribution < 1.29 is 4.79 Å². The summed E-state index contributed by atoms with van der Waals surface area (Å²) in [5.41, 5.74) is 0.744. The van der Waals surface area contributed by atoms with Crippen LogP contribution in [0, 0.1) is 12.8 Å². The van der Waals surface area contributed by atoms with Gasteiger partial charge in [0.15, 0.2) is 0 Å². The third-order valence-electron chi connectivity index (χ3n) is 3.99. The zero-order valence-electron chi connectivity index (χ0n) is 12.2. The van der Waals surface area contributed by atoms with Crippen molar-refractivity contribution in [3.63, 3.8) is 0 Å². The van der Waals surface area contributed by atoms with Gasteiger partial charge in [0, 0.05) is 18.8 Å². The predicted molar refractivity (Wildman–Crippen MR) is 79.0 cm³/mol. The number of nitrogens with zero attached hydrogens (tertiary/aromatic N) is 1. The van der Waals surface area contributed by atoms with Crippen LogP contribution in [0.2, 0.25) is 0 Å². The standard InChI is InChI=1S/C15H23N3O2/c1-11-3-4-13(14(19)17-11)15(20)18-9-6-12(7-10-18)5-8-16-2/h3-4,12,16H,5-10H2,1-2H3,(H,17,19). The molecule has 2 rings (SSSR count). The van der Waals surface area contributed by atoms with Crippen LogP contribution in [-0.2, 0) is 0 Å². The Balaban J connectivity index is 1.96. The molecule has 1 aromatic rings. The molecule has 1 fully saturated rings. The number of pyridine rings is 1. The molecule has 5 nitrogen and oxygen atoms in total. The summed E-state index contributed by atoms with van der Waals surface area (Å²) in [5.74, 6) is 0.543. The smallest absolute Gasteiger partial charge is 0.260 e. The number of aromatic nitrogens is 1. The highest BCUT2D eigenvalue weighted by Crippen LogP contribution is 2.20. The summed E-state index contributed by atoms with van der Waals surface area (Å²) in [6.07, 6.45) is 3.21. The zero-order chi connectivity index (χ0) is 14.5. The third kappa shape index (κ3) is 3.48. The molecular weight excluding hydrogens is 254 g/mol. The fourth-order valence-corrected chi connectivity index (χ4v) is 2.68. The van der Waals surface area contributed by atoms with E-state index >= 15 is 0 Å². The van der Waals surface area contributed by atoms with Crippen molar-refractivity contribution in [3.05, 3.63) is 33.7 Å². The number of piperidine rings is 1. The minimum Gasteiger partial charge on any atom is -0.338 e. The van der Waals surface area contributed by atoms with E-state index in [9.17, 15) is 9.59 Å². The van der Waals surface area contributed by atoms with Gasteiger partial charge in [-0.1, -0.05) is 0 Å². The Morgan fingerprint density at radius 3 is 2.70 bits per heavy atom. The first-order valence-electron chi connectivity index (χ1n) is 7.25. The molecule has 1 aliphatic rings. The number of carbonyl (C=O) groups is 1. The van der Waals surface area contributed by atoms with Gasteiger partial charge in [-0.05, 0) is 57.8 Å². The largest absolute Gasteiger partial charge is 0.338 e. The highest BCUT2D eigenvalue weighted by atomic mass is 16.2. The van der Waals surface area contributed by atoms with Gasteiger partial charge in [-0.3, -0.25) is 9.59 Å². The number of carbonyl (C=O) groups excluding carboxylic acids is 1. The lowest BCUT2D eigenvalue weighted by molar-refractivity contribution is 0.0685. The molecule has 2 heterocycles. The number of amides is 1. The van der Waals surface area contributed by atoms with E-state index in [1.54, 1.807) is 17.0 Å². The molecule has 5 heteroatoms. The van der Waals surface area contributed by atoms with Crippen LogP contribution in [-0.4, -0.2) is 42.5 Å². The van der Waals surface area contributed by atoms with E-state index in [1.807, 2.05) is 14.0 Å². The Kier molecular flexibility index (Phi) is 4.95. The highest BCUT2D eigenvalue weighted by molar-refractivity contribution is 5.93. The molecule has 0 radical (unpaired) electrons. The van der Waals surface area contributed by atoms with Crippen LogP contribution >= 0.6 is 0 Å². The van der Waals surface area contributed by atoms with E-state index in [4.69, 9.17) is 0 Å². The molecule has 1 saturated heterocycles. The Morgan fingerprint density at radius 2 is 2.10 bits per heavy atom. The number of likely N-dealkylation sites (tertiary alicyclic amines) is 1. The van der Waals surface area contributed by atoms with Crippen molar-refractivity contribution in [2.45, 2.75) is 26.2 Å². The highest BCUT2D eigenvalue weighted by Gasteiger charge is 2.24. The van der Waals surface area contributed by atoms with E-state index in [1.165, 1.54) is 0 Å². The van der Waals surface area contributed by atoms with Crippen molar-refractivity contribution in [3.8, 4) is 0 Å². The number of aromatic amines is 1. The molecule has 0 bridgehead atoms. The fraction of sp³-hybridized carbons (Fsp3) is 0.600. The van der Waals surface area contributed by atoms with E-state index in [-0.39, 0.29) is 17.0 Å². The average Bonchev–Trinajstić information content (AvgIpc) is 2.45. The lowest BCUT2D eigenvalue weighted by atomic mass is 9.93. The molecule has 1 amide bonds. The topological polar surface area (TPSA) is 65.2 Å². The number of rotatable bonds is 4. The van der Waals surface area contributed by atoms with Crippen LogP contribution in [0.3, 0.4) is 0 Å². The second kappa shape index (κ2) is 6.70. The molecular formula is C15H23N3O2. The number of nitrogens with one attached hydrogen (secondary N) is 2. The molecule has 0 spiro atoms. The summed E-state index contributed by atoms with van der Waals surface area (Å²) < 4.78 is 0. The van der Waals surface area contributed by atoms with E-state index in [0.717, 1.165) is 44.6 Å². The maximum atomic E-state index is 12.3. The lowest BCUT2D eigenvalue weighted by Crippen LogP contribution is -2.41. The summed E-state index contributed by atoms with van der Waals surface area (Å²) in [4.78, 5) is 28.7. The zero-order valence-corrected chi connectivity index (χ0v) is 12.2. The van der Waals surface area contributed by atoms with Crippen LogP contribution in [0.4, 0.5) is 0 Å². The summed E-state index contributed by atoms with van der Waals surface area (Å²) >= 11 is 0. The molecule has 0 aliphatic carbocycles. The monoisotopic (exact) mass is 277 g/mol. The van der Waals surface area contributed by atoms with Crippen molar-refractivity contribution in [2.75, 3.05) is 26.7 Å². The van der Waals surface area contributed by atoms with Crippen LogP contribution in [0.15, 0.2) is 16.9 Å². The number of H-pyrrole nitrogens is 1. The van der Waals surface area contributed by atoms with Gasteiger partial charge in [0.2, 0.25) is 0 Å². The lowest BCUT2D eigenvalue weighted by Gasteiger charge is -2.31. The van der Waals surface area contributed by atoms with Gasteiger partial charge in [-0.25, -0.2) is 0 Å². The average molecular weight is 277 g/mol. The minimum atomic E-state index is -0.285. The molecule has 0 unspecified atom stereocenters. The number of aryl methyl sites for hydroxylation is 1. The quantitative estimate of drug-likeness (QED) is 0.867. The maximum Gasteiger partial charge on any atom is 0.260 e. The SMILES string of the molecule is CNCCC1CCN(C(=O)c2ccc(C)[nH]c2=O)CC1. The van der Waals surface area contributed by atoms with Crippen LogP contribution in [0.5, 0.6) is 0 Å². The minimum absolute atomic E-state index is 0.140. The van der Waals surface area contributed by atoms with E-state index in [0.29, 0.717) is 5.92 Å². The summed E-state index contributed by atoms with van der Waals surface area (Å²) in [7, 11) is 1.96. The van der Waals surface area contributed by atoms with Gasteiger partial charge < -0.3 is 15.2 Å². The first-order valence-corrected chi connectivity index (χ1v) is 7.25. The first kappa shape index (κ1) is 14.8. The van der Waals surface area contributed by atoms with Gasteiger partial charge in [-0.2, -0.15) is 0 Å². The van der Waals surface area contributed by atoms with Gasteiger partial charge >= 0.3 is 0 Å². The maximum absolute atomic E-state index is 12.3. The number of hydrogen-bond donors (Lipinski definition) is 2. The Labute approximate surface area is 119 Å². The Hall–Kier alpha value is -1.62. The van der Waals surface area contributed by atoms with Crippen molar-refractivity contribution in [1.82, 2.24) is 15.2 Å². The molecule has 1 aliphatic heterocycles. The molecule has 1 aromatic heterocycles. The Morgan fingerprint density at radius 1 is 1.40 bits per heavy atom. The van der Waals surface area contributed by atoms with Gasteiger partial charge in [0.25, 0.3) is 11.5 Å². The second-order valence-electron chi connectivity index (χ2n) is 5.51. The molecule has 0 saturated carbocycles. The van der Waals surface area contributed by atoms with E-state index in [2.05, 4.69) is 10.3 Å². The first-order chi connectivity index (χ1) is 9.61. The summed E-state index contributed by atoms with van der Waals surface area (Å²) in [5, 5.41) is 3.16. The van der Waals surface area contributed by atoms with Gasteiger partial charge in [0.05, 0.1) is 0 Å². The Bertz CT molecular complexity index is 516. The van der Waals surface area contributed by atoms with Crippen LogP contribution < -0.4 is 10.9 Å². The van der Waals surface area contributed by atoms with E-state index < -0.39 is 0 Å².